The maximum atomic E-state index is 12.8. The zero-order chi connectivity index (χ0) is 17.1. The number of aromatic nitrogens is 1. The van der Waals surface area contributed by atoms with Gasteiger partial charge in [0.15, 0.2) is 5.76 Å². The summed E-state index contributed by atoms with van der Waals surface area (Å²) in [4.78, 5) is 15.7. The number of amides is 1. The van der Waals surface area contributed by atoms with E-state index >= 15 is 0 Å². The van der Waals surface area contributed by atoms with Crippen LogP contribution in [0.25, 0.3) is 10.6 Å². The summed E-state index contributed by atoms with van der Waals surface area (Å²) in [6, 6.07) is 13.6. The summed E-state index contributed by atoms with van der Waals surface area (Å²) >= 11 is 1.60. The molecule has 0 aliphatic carbocycles. The van der Waals surface area contributed by atoms with Crippen LogP contribution in [0.4, 0.5) is 0 Å². The first-order valence-corrected chi connectivity index (χ1v) is 8.79. The molecule has 3 rings (SSSR count). The summed E-state index contributed by atoms with van der Waals surface area (Å²) in [5.74, 6) is 0.747. The van der Waals surface area contributed by atoms with E-state index in [9.17, 15) is 4.79 Å². The molecule has 0 bridgehead atoms. The molecular weight excluding hydrogens is 320 g/mol. The van der Waals surface area contributed by atoms with Crippen LogP contribution in [0.1, 0.15) is 35.5 Å². The van der Waals surface area contributed by atoms with Crippen LogP contribution in [0.15, 0.2) is 52.4 Å². The van der Waals surface area contributed by atoms with Crippen molar-refractivity contribution in [2.75, 3.05) is 0 Å². The second kappa shape index (κ2) is 7.01. The molecule has 0 unspecified atom stereocenters. The molecular formula is C19H20N2O2S. The van der Waals surface area contributed by atoms with E-state index in [2.05, 4.69) is 5.16 Å². The summed E-state index contributed by atoms with van der Waals surface area (Å²) in [6.07, 6.45) is 0. The zero-order valence-electron chi connectivity index (χ0n) is 14.0. The van der Waals surface area contributed by atoms with Crippen LogP contribution < -0.4 is 0 Å². The number of benzene rings is 1. The Labute approximate surface area is 145 Å². The fraction of sp³-hybridized carbons (Fsp3) is 0.263. The molecule has 0 fully saturated rings. The Morgan fingerprint density at radius 3 is 2.62 bits per heavy atom. The van der Waals surface area contributed by atoms with E-state index in [1.807, 2.05) is 68.6 Å². The molecule has 2 heterocycles. The molecule has 5 heteroatoms. The van der Waals surface area contributed by atoms with E-state index < -0.39 is 0 Å². The maximum absolute atomic E-state index is 12.8. The number of aryl methyl sites for hydroxylation is 1. The highest BCUT2D eigenvalue weighted by Gasteiger charge is 2.21. The highest BCUT2D eigenvalue weighted by molar-refractivity contribution is 7.13. The normalized spacial score (nSPS) is 11.0. The van der Waals surface area contributed by atoms with Crippen molar-refractivity contribution in [1.82, 2.24) is 10.1 Å². The number of hydrogen-bond acceptors (Lipinski definition) is 4. The van der Waals surface area contributed by atoms with Gasteiger partial charge in [-0.1, -0.05) is 28.9 Å². The quantitative estimate of drug-likeness (QED) is 0.672. The topological polar surface area (TPSA) is 46.3 Å². The van der Waals surface area contributed by atoms with Gasteiger partial charge in [-0.3, -0.25) is 4.79 Å². The molecule has 24 heavy (non-hydrogen) atoms. The second-order valence-electron chi connectivity index (χ2n) is 6.05. The van der Waals surface area contributed by atoms with Gasteiger partial charge in [-0.05, 0) is 44.4 Å². The van der Waals surface area contributed by atoms with Crippen LogP contribution in [0.5, 0.6) is 0 Å². The lowest BCUT2D eigenvalue weighted by molar-refractivity contribution is 0.0686. The van der Waals surface area contributed by atoms with E-state index in [1.165, 1.54) is 0 Å². The lowest BCUT2D eigenvalue weighted by Gasteiger charge is -2.26. The van der Waals surface area contributed by atoms with Gasteiger partial charge in [0.2, 0.25) is 0 Å². The molecule has 0 saturated heterocycles. The highest BCUT2D eigenvalue weighted by Crippen LogP contribution is 2.26. The zero-order valence-corrected chi connectivity index (χ0v) is 14.8. The lowest BCUT2D eigenvalue weighted by Crippen LogP contribution is -2.36. The minimum absolute atomic E-state index is 0.00525. The third-order valence-corrected chi connectivity index (χ3v) is 4.72. The number of rotatable bonds is 5. The van der Waals surface area contributed by atoms with Gasteiger partial charge in [0.25, 0.3) is 5.91 Å². The molecule has 0 saturated carbocycles. The summed E-state index contributed by atoms with van der Waals surface area (Å²) in [7, 11) is 0. The van der Waals surface area contributed by atoms with Gasteiger partial charge in [-0.2, -0.15) is 0 Å². The Hall–Kier alpha value is -2.40. The van der Waals surface area contributed by atoms with E-state index in [1.54, 1.807) is 16.2 Å². The van der Waals surface area contributed by atoms with Gasteiger partial charge in [0, 0.05) is 17.7 Å². The monoisotopic (exact) mass is 340 g/mol. The lowest BCUT2D eigenvalue weighted by atomic mass is 10.1. The summed E-state index contributed by atoms with van der Waals surface area (Å²) < 4.78 is 5.41. The van der Waals surface area contributed by atoms with Crippen molar-refractivity contribution in [1.29, 1.82) is 0 Å². The van der Waals surface area contributed by atoms with E-state index in [0.717, 1.165) is 21.9 Å². The van der Waals surface area contributed by atoms with Crippen LogP contribution in [0.3, 0.4) is 0 Å². The fourth-order valence-electron chi connectivity index (χ4n) is 2.45. The highest BCUT2D eigenvalue weighted by atomic mass is 32.1. The predicted octanol–water partition coefficient (Wildman–Crippen LogP) is 4.76. The number of thiophene rings is 1. The van der Waals surface area contributed by atoms with E-state index in [-0.39, 0.29) is 11.9 Å². The summed E-state index contributed by atoms with van der Waals surface area (Å²) in [5, 5.41) is 6.12. The minimum atomic E-state index is 0.00525. The number of nitrogens with zero attached hydrogens (tertiary/aromatic N) is 2. The average Bonchev–Trinajstić information content (AvgIpc) is 3.23. The molecule has 0 spiro atoms. The molecule has 4 nitrogen and oxygen atoms in total. The van der Waals surface area contributed by atoms with Gasteiger partial charge < -0.3 is 9.42 Å². The molecule has 0 aliphatic rings. The molecule has 124 valence electrons. The Morgan fingerprint density at radius 1 is 1.25 bits per heavy atom. The number of carbonyl (C=O) groups excluding carboxylic acids is 1. The number of hydrogen-bond donors (Lipinski definition) is 0. The predicted molar refractivity (Wildman–Crippen MR) is 96.0 cm³/mol. The molecule has 0 atom stereocenters. The van der Waals surface area contributed by atoms with E-state index in [0.29, 0.717) is 12.1 Å². The molecule has 3 aromatic rings. The van der Waals surface area contributed by atoms with Gasteiger partial charge in [-0.25, -0.2) is 0 Å². The van der Waals surface area contributed by atoms with Crippen LogP contribution in [0, 0.1) is 6.92 Å². The number of carbonyl (C=O) groups is 1. The first-order chi connectivity index (χ1) is 11.5. The first-order valence-electron chi connectivity index (χ1n) is 7.91. The van der Waals surface area contributed by atoms with Crippen molar-refractivity contribution in [2.24, 2.45) is 0 Å². The van der Waals surface area contributed by atoms with Crippen molar-refractivity contribution in [3.05, 3.63) is 64.7 Å². The standard InChI is InChI=1S/C19H20N2O2S/c1-13(2)21(19(22)15-8-6-14(3)7-9-15)12-16-11-17(23-20-16)18-5-4-10-24-18/h4-11,13H,12H2,1-3H3. The van der Waals surface area contributed by atoms with Crippen molar-refractivity contribution < 1.29 is 9.32 Å². The van der Waals surface area contributed by atoms with Crippen LogP contribution >= 0.6 is 11.3 Å². The van der Waals surface area contributed by atoms with E-state index in [4.69, 9.17) is 4.52 Å². The minimum Gasteiger partial charge on any atom is -0.355 e. The molecule has 0 N–H and O–H groups in total. The van der Waals surface area contributed by atoms with Crippen molar-refractivity contribution in [3.63, 3.8) is 0 Å². The van der Waals surface area contributed by atoms with Crippen LogP contribution in [-0.4, -0.2) is 22.0 Å². The van der Waals surface area contributed by atoms with Gasteiger partial charge in [0.05, 0.1) is 11.4 Å². The van der Waals surface area contributed by atoms with Gasteiger partial charge in [-0.15, -0.1) is 11.3 Å². The van der Waals surface area contributed by atoms with Crippen LogP contribution in [-0.2, 0) is 6.54 Å². The Kier molecular flexibility index (Phi) is 4.81. The molecule has 0 radical (unpaired) electrons. The second-order valence-corrected chi connectivity index (χ2v) is 7.00. The molecule has 1 amide bonds. The molecule has 0 aliphatic heterocycles. The average molecular weight is 340 g/mol. The molecule has 1 aromatic carbocycles. The first kappa shape index (κ1) is 16.5. The third kappa shape index (κ3) is 3.57. The Bertz CT molecular complexity index is 804. The van der Waals surface area contributed by atoms with Gasteiger partial charge >= 0.3 is 0 Å². The Balaban J connectivity index is 1.79. The van der Waals surface area contributed by atoms with Crippen LogP contribution in [0.2, 0.25) is 0 Å². The summed E-state index contributed by atoms with van der Waals surface area (Å²) in [5.41, 5.74) is 2.59. The largest absolute Gasteiger partial charge is 0.355 e. The third-order valence-electron chi connectivity index (χ3n) is 3.84. The Morgan fingerprint density at radius 2 is 2.00 bits per heavy atom. The van der Waals surface area contributed by atoms with Crippen molar-refractivity contribution in [3.8, 4) is 10.6 Å². The van der Waals surface area contributed by atoms with Crippen molar-refractivity contribution >= 4 is 17.2 Å². The molecule has 2 aromatic heterocycles. The maximum Gasteiger partial charge on any atom is 0.254 e. The van der Waals surface area contributed by atoms with Crippen molar-refractivity contribution in [2.45, 2.75) is 33.4 Å². The smallest absolute Gasteiger partial charge is 0.254 e. The fourth-order valence-corrected chi connectivity index (χ4v) is 3.12. The van der Waals surface area contributed by atoms with Gasteiger partial charge in [0.1, 0.15) is 5.69 Å². The SMILES string of the molecule is Cc1ccc(C(=O)N(Cc2cc(-c3cccs3)on2)C(C)C)cc1. The summed E-state index contributed by atoms with van der Waals surface area (Å²) in [6.45, 7) is 6.45.